The summed E-state index contributed by atoms with van der Waals surface area (Å²) < 4.78 is 15.7. The number of carbonyl (C=O) groups is 2. The highest BCUT2D eigenvalue weighted by atomic mass is 32.1. The number of hydrogen-bond donors (Lipinski definition) is 2. The summed E-state index contributed by atoms with van der Waals surface area (Å²) in [5, 5.41) is 7.68. The molecular formula is C20H17N3O5S. The summed E-state index contributed by atoms with van der Waals surface area (Å²) in [5.41, 5.74) is 1.64. The van der Waals surface area contributed by atoms with Crippen LogP contribution in [0.2, 0.25) is 0 Å². The molecule has 2 amide bonds. The van der Waals surface area contributed by atoms with E-state index in [0.29, 0.717) is 39.3 Å². The van der Waals surface area contributed by atoms with Crippen molar-refractivity contribution in [1.82, 2.24) is 4.98 Å². The van der Waals surface area contributed by atoms with E-state index in [0.717, 1.165) is 0 Å². The lowest BCUT2D eigenvalue weighted by atomic mass is 10.2. The molecule has 148 valence electrons. The van der Waals surface area contributed by atoms with Gasteiger partial charge in [-0.05, 0) is 30.3 Å². The standard InChI is InChI=1S/C20H17N3O5S/c1-26-15-4-2-3-13(8-15)21-18(24)9-14-10-29-20(22-14)23-19(25)12-5-6-16-17(7-12)28-11-27-16/h2-8,10H,9,11H2,1H3,(H,21,24)(H,22,23,25). The average Bonchev–Trinajstić information content (AvgIpc) is 3.36. The fourth-order valence-electron chi connectivity index (χ4n) is 2.72. The number of amides is 2. The maximum Gasteiger partial charge on any atom is 0.257 e. The Labute approximate surface area is 170 Å². The molecule has 0 atom stereocenters. The van der Waals surface area contributed by atoms with E-state index >= 15 is 0 Å². The van der Waals surface area contributed by atoms with Crippen molar-refractivity contribution in [2.75, 3.05) is 24.5 Å². The van der Waals surface area contributed by atoms with Gasteiger partial charge in [-0.1, -0.05) is 6.07 Å². The number of rotatable bonds is 6. The number of aromatic nitrogens is 1. The fourth-order valence-corrected chi connectivity index (χ4v) is 3.43. The van der Waals surface area contributed by atoms with Crippen LogP contribution in [-0.4, -0.2) is 30.7 Å². The van der Waals surface area contributed by atoms with Gasteiger partial charge in [-0.25, -0.2) is 4.98 Å². The van der Waals surface area contributed by atoms with E-state index in [-0.39, 0.29) is 25.0 Å². The summed E-state index contributed by atoms with van der Waals surface area (Å²) in [5.74, 6) is 1.28. The lowest BCUT2D eigenvalue weighted by Crippen LogP contribution is -2.15. The number of hydrogen-bond acceptors (Lipinski definition) is 7. The van der Waals surface area contributed by atoms with E-state index < -0.39 is 0 Å². The molecule has 1 aliphatic rings. The summed E-state index contributed by atoms with van der Waals surface area (Å²) >= 11 is 1.25. The highest BCUT2D eigenvalue weighted by Crippen LogP contribution is 2.32. The molecule has 0 fully saturated rings. The maximum absolute atomic E-state index is 12.4. The average molecular weight is 411 g/mol. The van der Waals surface area contributed by atoms with Crippen molar-refractivity contribution in [3.8, 4) is 17.2 Å². The third-order valence-corrected chi connectivity index (χ3v) is 4.91. The minimum Gasteiger partial charge on any atom is -0.497 e. The highest BCUT2D eigenvalue weighted by molar-refractivity contribution is 7.14. The molecule has 0 aliphatic carbocycles. The molecule has 0 saturated heterocycles. The quantitative estimate of drug-likeness (QED) is 0.646. The van der Waals surface area contributed by atoms with Crippen molar-refractivity contribution in [2.45, 2.75) is 6.42 Å². The molecular weight excluding hydrogens is 394 g/mol. The van der Waals surface area contributed by atoms with Crippen LogP contribution in [-0.2, 0) is 11.2 Å². The third-order valence-electron chi connectivity index (χ3n) is 4.10. The van der Waals surface area contributed by atoms with Gasteiger partial charge in [0.05, 0.1) is 19.2 Å². The summed E-state index contributed by atoms with van der Waals surface area (Å²) in [7, 11) is 1.57. The van der Waals surface area contributed by atoms with Crippen LogP contribution in [0, 0.1) is 0 Å². The highest BCUT2D eigenvalue weighted by Gasteiger charge is 2.17. The second kappa shape index (κ2) is 8.19. The van der Waals surface area contributed by atoms with Crippen LogP contribution in [0.4, 0.5) is 10.8 Å². The van der Waals surface area contributed by atoms with Crippen molar-refractivity contribution in [2.24, 2.45) is 0 Å². The van der Waals surface area contributed by atoms with E-state index in [2.05, 4.69) is 15.6 Å². The molecule has 9 heteroatoms. The molecule has 2 aromatic carbocycles. The molecule has 4 rings (SSSR count). The summed E-state index contributed by atoms with van der Waals surface area (Å²) in [4.78, 5) is 29.0. The first-order chi connectivity index (χ1) is 14.1. The summed E-state index contributed by atoms with van der Waals surface area (Å²) in [6.45, 7) is 0.147. The van der Waals surface area contributed by atoms with Crippen molar-refractivity contribution < 1.29 is 23.8 Å². The van der Waals surface area contributed by atoms with Gasteiger partial charge in [0.25, 0.3) is 5.91 Å². The zero-order valence-corrected chi connectivity index (χ0v) is 16.2. The number of benzene rings is 2. The second-order valence-electron chi connectivity index (χ2n) is 6.12. The van der Waals surface area contributed by atoms with E-state index in [9.17, 15) is 9.59 Å². The fraction of sp³-hybridized carbons (Fsp3) is 0.150. The van der Waals surface area contributed by atoms with Crippen LogP contribution < -0.4 is 24.8 Å². The van der Waals surface area contributed by atoms with Gasteiger partial charge in [-0.15, -0.1) is 11.3 Å². The number of nitrogens with one attached hydrogen (secondary N) is 2. The first-order valence-electron chi connectivity index (χ1n) is 8.70. The largest absolute Gasteiger partial charge is 0.497 e. The summed E-state index contributed by atoms with van der Waals surface area (Å²) in [6.07, 6.45) is 0.0909. The Balaban J connectivity index is 1.35. The topological polar surface area (TPSA) is 98.8 Å². The molecule has 3 aromatic rings. The van der Waals surface area contributed by atoms with Crippen LogP contribution in [0.1, 0.15) is 16.1 Å². The Kier molecular flexibility index (Phi) is 5.30. The van der Waals surface area contributed by atoms with E-state index in [1.54, 1.807) is 55.0 Å². The van der Waals surface area contributed by atoms with E-state index in [1.165, 1.54) is 11.3 Å². The van der Waals surface area contributed by atoms with Crippen molar-refractivity contribution in [1.29, 1.82) is 0 Å². The number of anilines is 2. The van der Waals surface area contributed by atoms with Crippen LogP contribution >= 0.6 is 11.3 Å². The monoisotopic (exact) mass is 411 g/mol. The number of nitrogens with zero attached hydrogens (tertiary/aromatic N) is 1. The predicted molar refractivity (Wildman–Crippen MR) is 108 cm³/mol. The zero-order chi connectivity index (χ0) is 20.2. The van der Waals surface area contributed by atoms with Gasteiger partial charge < -0.3 is 19.5 Å². The Bertz CT molecular complexity index is 1070. The van der Waals surface area contributed by atoms with Gasteiger partial charge in [0.1, 0.15) is 5.75 Å². The SMILES string of the molecule is COc1cccc(NC(=O)Cc2csc(NC(=O)c3ccc4c(c3)OCO4)n2)c1. The molecule has 1 aliphatic heterocycles. The molecule has 1 aromatic heterocycles. The Hall–Kier alpha value is -3.59. The molecule has 2 heterocycles. The normalized spacial score (nSPS) is 11.8. The third kappa shape index (κ3) is 4.46. The van der Waals surface area contributed by atoms with Gasteiger partial charge >= 0.3 is 0 Å². The van der Waals surface area contributed by atoms with Crippen molar-refractivity contribution in [3.63, 3.8) is 0 Å². The molecule has 0 radical (unpaired) electrons. The first-order valence-corrected chi connectivity index (χ1v) is 9.58. The van der Waals surface area contributed by atoms with Gasteiger partial charge in [-0.3, -0.25) is 14.9 Å². The molecule has 0 spiro atoms. The number of ether oxygens (including phenoxy) is 3. The number of fused-ring (bicyclic) bond motifs is 1. The lowest BCUT2D eigenvalue weighted by molar-refractivity contribution is -0.115. The molecule has 8 nitrogen and oxygen atoms in total. The van der Waals surface area contributed by atoms with Gasteiger partial charge in [0, 0.05) is 22.7 Å². The molecule has 0 unspecified atom stereocenters. The smallest absolute Gasteiger partial charge is 0.257 e. The molecule has 0 bridgehead atoms. The van der Waals surface area contributed by atoms with Crippen molar-refractivity contribution in [3.05, 3.63) is 59.1 Å². The molecule has 29 heavy (non-hydrogen) atoms. The first kappa shape index (κ1) is 18.8. The maximum atomic E-state index is 12.4. The molecule has 0 saturated carbocycles. The van der Waals surface area contributed by atoms with E-state index in [4.69, 9.17) is 14.2 Å². The Morgan fingerprint density at radius 3 is 2.86 bits per heavy atom. The minimum absolute atomic E-state index is 0.0909. The minimum atomic E-state index is -0.315. The Morgan fingerprint density at radius 2 is 2.00 bits per heavy atom. The van der Waals surface area contributed by atoms with Crippen molar-refractivity contribution >= 4 is 34.0 Å². The van der Waals surface area contributed by atoms with Crippen LogP contribution in [0.3, 0.4) is 0 Å². The van der Waals surface area contributed by atoms with Crippen LogP contribution in [0.25, 0.3) is 0 Å². The second-order valence-corrected chi connectivity index (χ2v) is 6.98. The lowest BCUT2D eigenvalue weighted by Gasteiger charge is -2.06. The number of carbonyl (C=O) groups excluding carboxylic acids is 2. The number of methoxy groups -OCH3 is 1. The number of thiazole rings is 1. The van der Waals surface area contributed by atoms with Crippen LogP contribution in [0.15, 0.2) is 47.8 Å². The van der Waals surface area contributed by atoms with Gasteiger partial charge in [0.2, 0.25) is 12.7 Å². The van der Waals surface area contributed by atoms with Crippen LogP contribution in [0.5, 0.6) is 17.2 Å². The van der Waals surface area contributed by atoms with Gasteiger partial charge in [-0.2, -0.15) is 0 Å². The van der Waals surface area contributed by atoms with Gasteiger partial charge in [0.15, 0.2) is 16.6 Å². The Morgan fingerprint density at radius 1 is 1.14 bits per heavy atom. The predicted octanol–water partition coefficient (Wildman–Crippen LogP) is 3.31. The zero-order valence-electron chi connectivity index (χ0n) is 15.4. The summed E-state index contributed by atoms with van der Waals surface area (Å²) in [6, 6.07) is 12.1. The molecule has 2 N–H and O–H groups in total. The van der Waals surface area contributed by atoms with E-state index in [1.807, 2.05) is 0 Å².